The Morgan fingerprint density at radius 2 is 1.77 bits per heavy atom. The molecule has 0 unspecified atom stereocenters. The highest BCUT2D eigenvalue weighted by Crippen LogP contribution is 2.32. The Bertz CT molecular complexity index is 828. The lowest BCUT2D eigenvalue weighted by Gasteiger charge is -2.35. The molecule has 4 rings (SSSR count). The number of benzene rings is 2. The Morgan fingerprint density at radius 1 is 1.00 bits per heavy atom. The van der Waals surface area contributed by atoms with E-state index >= 15 is 0 Å². The minimum atomic E-state index is 0.0289. The van der Waals surface area contributed by atoms with Crippen molar-refractivity contribution in [1.82, 2.24) is 0 Å². The van der Waals surface area contributed by atoms with Gasteiger partial charge in [-0.2, -0.15) is 0 Å². The molecule has 2 aromatic rings. The Balaban J connectivity index is 1.60. The molecule has 1 atom stereocenters. The van der Waals surface area contributed by atoms with Gasteiger partial charge in [0.2, 0.25) is 5.91 Å². The van der Waals surface area contributed by atoms with Gasteiger partial charge in [-0.15, -0.1) is 0 Å². The fourth-order valence-electron chi connectivity index (χ4n) is 4.00. The van der Waals surface area contributed by atoms with Crippen LogP contribution in [-0.4, -0.2) is 24.4 Å². The summed E-state index contributed by atoms with van der Waals surface area (Å²) in [5.74, 6) is 0.204. The standard InChI is InChI=1S/C22H24N2O2/c1-16-9-10-17-6-2-3-7-20(17)24(16)22(26)18-11-13-19(14-12-18)23-15-5-4-8-21(23)25/h2-3,6-7,11-14,16H,4-5,8-10,15H2,1H3/t16-/m0/s1. The molecule has 1 saturated heterocycles. The SMILES string of the molecule is C[C@H]1CCc2ccccc2N1C(=O)c1ccc(N2CCCCC2=O)cc1. The van der Waals surface area contributed by atoms with Crippen molar-refractivity contribution in [3.63, 3.8) is 0 Å². The molecule has 0 aromatic heterocycles. The van der Waals surface area contributed by atoms with E-state index in [1.807, 2.05) is 52.3 Å². The van der Waals surface area contributed by atoms with Gasteiger partial charge in [0.05, 0.1) is 0 Å². The van der Waals surface area contributed by atoms with E-state index < -0.39 is 0 Å². The van der Waals surface area contributed by atoms with Gasteiger partial charge in [-0.25, -0.2) is 0 Å². The van der Waals surface area contributed by atoms with E-state index in [0.717, 1.165) is 43.6 Å². The van der Waals surface area contributed by atoms with Gasteiger partial charge >= 0.3 is 0 Å². The van der Waals surface area contributed by atoms with Crippen LogP contribution in [0, 0.1) is 0 Å². The quantitative estimate of drug-likeness (QED) is 0.817. The topological polar surface area (TPSA) is 40.6 Å². The molecule has 0 aliphatic carbocycles. The van der Waals surface area contributed by atoms with Gasteiger partial charge in [0, 0.05) is 35.9 Å². The second-order valence-electron chi connectivity index (χ2n) is 7.24. The average Bonchev–Trinajstić information content (AvgIpc) is 2.68. The predicted molar refractivity (Wildman–Crippen MR) is 104 cm³/mol. The molecular formula is C22H24N2O2. The Labute approximate surface area is 154 Å². The van der Waals surface area contributed by atoms with Crippen LogP contribution in [0.15, 0.2) is 48.5 Å². The predicted octanol–water partition coefficient (Wildman–Crippen LogP) is 4.19. The highest BCUT2D eigenvalue weighted by Gasteiger charge is 2.29. The Morgan fingerprint density at radius 3 is 2.54 bits per heavy atom. The molecule has 2 amide bonds. The van der Waals surface area contributed by atoms with Crippen molar-refractivity contribution in [2.24, 2.45) is 0 Å². The van der Waals surface area contributed by atoms with Crippen LogP contribution in [0.2, 0.25) is 0 Å². The third kappa shape index (κ3) is 3.00. The Kier molecular flexibility index (Phi) is 4.49. The summed E-state index contributed by atoms with van der Waals surface area (Å²) in [6.45, 7) is 2.87. The van der Waals surface area contributed by atoms with Crippen molar-refractivity contribution in [3.05, 3.63) is 59.7 Å². The maximum Gasteiger partial charge on any atom is 0.258 e. The average molecular weight is 348 g/mol. The van der Waals surface area contributed by atoms with Crippen LogP contribution < -0.4 is 9.80 Å². The molecule has 134 valence electrons. The number of fused-ring (bicyclic) bond motifs is 1. The van der Waals surface area contributed by atoms with Crippen molar-refractivity contribution in [2.75, 3.05) is 16.3 Å². The molecule has 4 heteroatoms. The molecule has 26 heavy (non-hydrogen) atoms. The summed E-state index contributed by atoms with van der Waals surface area (Å²) in [6, 6.07) is 15.8. The van der Waals surface area contributed by atoms with Crippen molar-refractivity contribution < 1.29 is 9.59 Å². The smallest absolute Gasteiger partial charge is 0.258 e. The van der Waals surface area contributed by atoms with Crippen molar-refractivity contribution >= 4 is 23.2 Å². The van der Waals surface area contributed by atoms with Gasteiger partial charge in [0.15, 0.2) is 0 Å². The minimum Gasteiger partial charge on any atom is -0.312 e. The first-order valence-electron chi connectivity index (χ1n) is 9.47. The number of piperidine rings is 1. The number of carbonyl (C=O) groups is 2. The van der Waals surface area contributed by atoms with Crippen LogP contribution in [-0.2, 0) is 11.2 Å². The zero-order valence-corrected chi connectivity index (χ0v) is 15.1. The van der Waals surface area contributed by atoms with Crippen molar-refractivity contribution in [2.45, 2.75) is 45.1 Å². The fourth-order valence-corrected chi connectivity index (χ4v) is 4.00. The lowest BCUT2D eigenvalue weighted by molar-refractivity contribution is -0.119. The third-order valence-electron chi connectivity index (χ3n) is 5.49. The first-order valence-corrected chi connectivity index (χ1v) is 9.47. The van der Waals surface area contributed by atoms with Crippen molar-refractivity contribution in [1.29, 1.82) is 0 Å². The molecular weight excluding hydrogens is 324 g/mol. The number of para-hydroxylation sites is 1. The van der Waals surface area contributed by atoms with E-state index in [4.69, 9.17) is 0 Å². The molecule has 0 saturated carbocycles. The van der Waals surface area contributed by atoms with Gasteiger partial charge in [0.1, 0.15) is 0 Å². The highest BCUT2D eigenvalue weighted by atomic mass is 16.2. The number of carbonyl (C=O) groups excluding carboxylic acids is 2. The molecule has 2 aromatic carbocycles. The first kappa shape index (κ1) is 16.8. The van der Waals surface area contributed by atoms with Crippen LogP contribution >= 0.6 is 0 Å². The number of rotatable bonds is 2. The number of anilines is 2. The number of amides is 2. The summed E-state index contributed by atoms with van der Waals surface area (Å²) in [4.78, 5) is 29.0. The lowest BCUT2D eigenvalue weighted by Crippen LogP contribution is -2.42. The number of hydrogen-bond acceptors (Lipinski definition) is 2. The van der Waals surface area contributed by atoms with Gasteiger partial charge < -0.3 is 9.80 Å². The molecule has 0 radical (unpaired) electrons. The van der Waals surface area contributed by atoms with Gasteiger partial charge in [-0.3, -0.25) is 9.59 Å². The molecule has 4 nitrogen and oxygen atoms in total. The first-order chi connectivity index (χ1) is 12.6. The lowest BCUT2D eigenvalue weighted by atomic mass is 9.95. The molecule has 0 spiro atoms. The van der Waals surface area contributed by atoms with Crippen LogP contribution in [0.3, 0.4) is 0 Å². The number of nitrogens with zero attached hydrogens (tertiary/aromatic N) is 2. The van der Waals surface area contributed by atoms with Gasteiger partial charge in [0.25, 0.3) is 5.91 Å². The maximum atomic E-state index is 13.2. The van der Waals surface area contributed by atoms with Crippen LogP contribution in [0.25, 0.3) is 0 Å². The summed E-state index contributed by atoms with van der Waals surface area (Å²) in [6.07, 6.45) is 4.61. The maximum absolute atomic E-state index is 13.2. The van der Waals surface area contributed by atoms with Gasteiger partial charge in [-0.1, -0.05) is 18.2 Å². The monoisotopic (exact) mass is 348 g/mol. The molecule has 2 aliphatic heterocycles. The summed E-state index contributed by atoms with van der Waals surface area (Å²) >= 11 is 0. The molecule has 2 aliphatic rings. The Hall–Kier alpha value is -2.62. The third-order valence-corrected chi connectivity index (χ3v) is 5.49. The molecule has 1 fully saturated rings. The summed E-state index contributed by atoms with van der Waals surface area (Å²) < 4.78 is 0. The van der Waals surface area contributed by atoms with E-state index in [-0.39, 0.29) is 17.9 Å². The summed E-state index contributed by atoms with van der Waals surface area (Å²) in [7, 11) is 0. The van der Waals surface area contributed by atoms with Crippen LogP contribution in [0.4, 0.5) is 11.4 Å². The number of hydrogen-bond donors (Lipinski definition) is 0. The molecule has 0 bridgehead atoms. The number of aryl methyl sites for hydroxylation is 1. The van der Waals surface area contributed by atoms with Gasteiger partial charge in [-0.05, 0) is 68.5 Å². The highest BCUT2D eigenvalue weighted by molar-refractivity contribution is 6.07. The summed E-state index contributed by atoms with van der Waals surface area (Å²) in [5.41, 5.74) is 3.81. The second-order valence-corrected chi connectivity index (χ2v) is 7.24. The fraction of sp³-hybridized carbons (Fsp3) is 0.364. The largest absolute Gasteiger partial charge is 0.312 e. The van der Waals surface area contributed by atoms with E-state index in [1.54, 1.807) is 0 Å². The zero-order chi connectivity index (χ0) is 18.1. The van der Waals surface area contributed by atoms with E-state index in [9.17, 15) is 9.59 Å². The normalized spacial score (nSPS) is 20.0. The molecule has 0 N–H and O–H groups in total. The van der Waals surface area contributed by atoms with E-state index in [1.165, 1.54) is 5.56 Å². The second kappa shape index (κ2) is 6.94. The molecule has 2 heterocycles. The van der Waals surface area contributed by atoms with E-state index in [0.29, 0.717) is 12.0 Å². The summed E-state index contributed by atoms with van der Waals surface area (Å²) in [5, 5.41) is 0. The van der Waals surface area contributed by atoms with Crippen LogP contribution in [0.5, 0.6) is 0 Å². The van der Waals surface area contributed by atoms with Crippen LogP contribution in [0.1, 0.15) is 48.5 Å². The minimum absolute atomic E-state index is 0.0289. The zero-order valence-electron chi connectivity index (χ0n) is 15.1. The van der Waals surface area contributed by atoms with E-state index in [2.05, 4.69) is 13.0 Å². The van der Waals surface area contributed by atoms with Crippen molar-refractivity contribution in [3.8, 4) is 0 Å².